The first kappa shape index (κ1) is 22.5. The molecule has 7 heteroatoms. The number of amides is 1. The SMILES string of the molecule is COc1ccc(C(=O)Nc2ccc(-c3ccccc3)cc2)cc1S(=O)(=O)NC(C)(C)C. The molecular formula is C24H26N2O4S. The minimum Gasteiger partial charge on any atom is -0.495 e. The second-order valence-electron chi connectivity index (χ2n) is 8.12. The summed E-state index contributed by atoms with van der Waals surface area (Å²) in [6.07, 6.45) is 0. The van der Waals surface area contributed by atoms with Gasteiger partial charge in [0, 0.05) is 16.8 Å². The maximum absolute atomic E-state index is 12.8. The maximum Gasteiger partial charge on any atom is 0.255 e. The Morgan fingerprint density at radius 3 is 2.06 bits per heavy atom. The van der Waals surface area contributed by atoms with Crippen molar-refractivity contribution in [3.05, 3.63) is 78.4 Å². The van der Waals surface area contributed by atoms with E-state index in [9.17, 15) is 13.2 Å². The molecule has 0 heterocycles. The van der Waals surface area contributed by atoms with Gasteiger partial charge in [-0.3, -0.25) is 4.79 Å². The van der Waals surface area contributed by atoms with Crippen LogP contribution in [0.1, 0.15) is 31.1 Å². The summed E-state index contributed by atoms with van der Waals surface area (Å²) in [4.78, 5) is 12.7. The lowest BCUT2D eigenvalue weighted by atomic mass is 10.1. The highest BCUT2D eigenvalue weighted by Gasteiger charge is 2.26. The molecule has 162 valence electrons. The molecule has 6 nitrogen and oxygen atoms in total. The number of methoxy groups -OCH3 is 1. The van der Waals surface area contributed by atoms with Crippen molar-refractivity contribution >= 4 is 21.6 Å². The van der Waals surface area contributed by atoms with Crippen molar-refractivity contribution in [2.24, 2.45) is 0 Å². The lowest BCUT2D eigenvalue weighted by molar-refractivity contribution is 0.102. The molecular weight excluding hydrogens is 412 g/mol. The molecule has 0 aliphatic heterocycles. The van der Waals surface area contributed by atoms with Crippen molar-refractivity contribution in [1.29, 1.82) is 0 Å². The number of hydrogen-bond acceptors (Lipinski definition) is 4. The number of ether oxygens (including phenoxy) is 1. The molecule has 0 radical (unpaired) electrons. The summed E-state index contributed by atoms with van der Waals surface area (Å²) >= 11 is 0. The molecule has 0 aliphatic carbocycles. The van der Waals surface area contributed by atoms with Crippen LogP contribution in [0.15, 0.2) is 77.7 Å². The van der Waals surface area contributed by atoms with Gasteiger partial charge in [-0.2, -0.15) is 0 Å². The molecule has 0 spiro atoms. The third-order valence-electron chi connectivity index (χ3n) is 4.41. The lowest BCUT2D eigenvalue weighted by Gasteiger charge is -2.21. The van der Waals surface area contributed by atoms with Crippen LogP contribution in [-0.4, -0.2) is 27.0 Å². The fourth-order valence-electron chi connectivity index (χ4n) is 3.07. The number of benzene rings is 3. The summed E-state index contributed by atoms with van der Waals surface area (Å²) in [7, 11) is -2.49. The number of anilines is 1. The van der Waals surface area contributed by atoms with E-state index in [-0.39, 0.29) is 16.2 Å². The molecule has 0 atom stereocenters. The van der Waals surface area contributed by atoms with Gasteiger partial charge in [-0.15, -0.1) is 0 Å². The Morgan fingerprint density at radius 2 is 1.48 bits per heavy atom. The van der Waals surface area contributed by atoms with E-state index in [1.807, 2.05) is 54.6 Å². The first-order chi connectivity index (χ1) is 14.6. The molecule has 0 unspecified atom stereocenters. The number of carbonyl (C=O) groups excluding carboxylic acids is 1. The molecule has 3 aromatic carbocycles. The molecule has 3 aromatic rings. The van der Waals surface area contributed by atoms with Gasteiger partial charge in [0.25, 0.3) is 5.91 Å². The van der Waals surface area contributed by atoms with Gasteiger partial charge in [-0.05, 0) is 62.2 Å². The standard InChI is InChI=1S/C24H26N2O4S/c1-24(2,3)26-31(28,29)22-16-19(12-15-21(22)30-4)23(27)25-20-13-10-18(11-14-20)17-8-6-5-7-9-17/h5-16,26H,1-4H3,(H,25,27). The van der Waals surface area contributed by atoms with Crippen molar-refractivity contribution in [3.8, 4) is 16.9 Å². The number of hydrogen-bond donors (Lipinski definition) is 2. The lowest BCUT2D eigenvalue weighted by Crippen LogP contribution is -2.40. The minimum atomic E-state index is -3.88. The molecule has 0 bridgehead atoms. The average Bonchev–Trinajstić information content (AvgIpc) is 2.72. The van der Waals surface area contributed by atoms with Crippen molar-refractivity contribution in [3.63, 3.8) is 0 Å². The quantitative estimate of drug-likeness (QED) is 0.585. The zero-order valence-corrected chi connectivity index (χ0v) is 18.8. The third kappa shape index (κ3) is 5.71. The molecule has 0 saturated carbocycles. The highest BCUT2D eigenvalue weighted by atomic mass is 32.2. The van der Waals surface area contributed by atoms with E-state index in [1.54, 1.807) is 20.8 Å². The van der Waals surface area contributed by atoms with Crippen LogP contribution in [0.25, 0.3) is 11.1 Å². The van der Waals surface area contributed by atoms with E-state index >= 15 is 0 Å². The highest BCUT2D eigenvalue weighted by Crippen LogP contribution is 2.27. The highest BCUT2D eigenvalue weighted by molar-refractivity contribution is 7.89. The van der Waals surface area contributed by atoms with Crippen molar-refractivity contribution in [2.75, 3.05) is 12.4 Å². The van der Waals surface area contributed by atoms with Gasteiger partial charge in [0.05, 0.1) is 7.11 Å². The van der Waals surface area contributed by atoms with Gasteiger partial charge in [0.2, 0.25) is 10.0 Å². The Bertz CT molecular complexity index is 1170. The number of rotatable bonds is 6. The van der Waals surface area contributed by atoms with Crippen LogP contribution in [-0.2, 0) is 10.0 Å². The van der Waals surface area contributed by atoms with E-state index in [0.29, 0.717) is 5.69 Å². The molecule has 0 saturated heterocycles. The van der Waals surface area contributed by atoms with Crippen LogP contribution in [0, 0.1) is 0 Å². The Morgan fingerprint density at radius 1 is 0.871 bits per heavy atom. The zero-order chi connectivity index (χ0) is 22.6. The second-order valence-corrected chi connectivity index (χ2v) is 9.77. The van der Waals surface area contributed by atoms with Crippen LogP contribution in [0.5, 0.6) is 5.75 Å². The fourth-order valence-corrected chi connectivity index (χ4v) is 4.68. The summed E-state index contributed by atoms with van der Waals surface area (Å²) in [5.74, 6) is -0.247. The molecule has 1 amide bonds. The molecule has 0 fully saturated rings. The zero-order valence-electron chi connectivity index (χ0n) is 18.0. The van der Waals surface area contributed by atoms with Crippen molar-refractivity contribution in [2.45, 2.75) is 31.2 Å². The number of nitrogens with one attached hydrogen (secondary N) is 2. The first-order valence-electron chi connectivity index (χ1n) is 9.78. The van der Waals surface area contributed by atoms with Gasteiger partial charge < -0.3 is 10.1 Å². The molecule has 0 aromatic heterocycles. The summed E-state index contributed by atoms with van der Waals surface area (Å²) in [6.45, 7) is 5.23. The molecule has 2 N–H and O–H groups in total. The fraction of sp³-hybridized carbons (Fsp3) is 0.208. The summed E-state index contributed by atoms with van der Waals surface area (Å²) in [6, 6.07) is 21.7. The van der Waals surface area contributed by atoms with Gasteiger partial charge >= 0.3 is 0 Å². The Labute approximate surface area is 183 Å². The normalized spacial score (nSPS) is 11.7. The van der Waals surface area contributed by atoms with Crippen LogP contribution in [0.2, 0.25) is 0 Å². The van der Waals surface area contributed by atoms with Crippen LogP contribution in [0.4, 0.5) is 5.69 Å². The van der Waals surface area contributed by atoms with Crippen molar-refractivity contribution in [1.82, 2.24) is 4.72 Å². The topological polar surface area (TPSA) is 84.5 Å². The van der Waals surface area contributed by atoms with Crippen LogP contribution >= 0.6 is 0 Å². The van der Waals surface area contributed by atoms with E-state index in [1.165, 1.54) is 25.3 Å². The summed E-state index contributed by atoms with van der Waals surface area (Å²) in [5.41, 5.74) is 2.25. The predicted octanol–water partition coefficient (Wildman–Crippen LogP) is 4.69. The predicted molar refractivity (Wildman–Crippen MR) is 123 cm³/mol. The largest absolute Gasteiger partial charge is 0.495 e. The molecule has 3 rings (SSSR count). The number of carbonyl (C=O) groups is 1. The van der Waals surface area contributed by atoms with Crippen LogP contribution < -0.4 is 14.8 Å². The Balaban J connectivity index is 1.84. The van der Waals surface area contributed by atoms with Gasteiger partial charge in [0.15, 0.2) is 0 Å². The third-order valence-corrected chi connectivity index (χ3v) is 6.18. The maximum atomic E-state index is 12.8. The molecule has 0 aliphatic rings. The molecule has 31 heavy (non-hydrogen) atoms. The number of sulfonamides is 1. The van der Waals surface area contributed by atoms with E-state index < -0.39 is 21.5 Å². The first-order valence-corrected chi connectivity index (χ1v) is 11.3. The van der Waals surface area contributed by atoms with Crippen molar-refractivity contribution < 1.29 is 17.9 Å². The minimum absolute atomic E-state index is 0.0861. The van der Waals surface area contributed by atoms with Gasteiger partial charge in [0.1, 0.15) is 10.6 Å². The van der Waals surface area contributed by atoms with E-state index in [0.717, 1.165) is 11.1 Å². The monoisotopic (exact) mass is 438 g/mol. The average molecular weight is 439 g/mol. The smallest absolute Gasteiger partial charge is 0.255 e. The van der Waals surface area contributed by atoms with E-state index in [4.69, 9.17) is 4.74 Å². The summed E-state index contributed by atoms with van der Waals surface area (Å²) in [5, 5.41) is 2.81. The second kappa shape index (κ2) is 8.91. The Kier molecular flexibility index (Phi) is 6.48. The Hall–Kier alpha value is -3.16. The van der Waals surface area contributed by atoms with E-state index in [2.05, 4.69) is 10.0 Å². The van der Waals surface area contributed by atoms with Gasteiger partial charge in [-0.1, -0.05) is 42.5 Å². The van der Waals surface area contributed by atoms with Crippen LogP contribution in [0.3, 0.4) is 0 Å². The summed E-state index contributed by atoms with van der Waals surface area (Å²) < 4.78 is 33.4. The van der Waals surface area contributed by atoms with Gasteiger partial charge in [-0.25, -0.2) is 13.1 Å².